The number of carbonyl (C=O) groups is 1. The van der Waals surface area contributed by atoms with Crippen LogP contribution in [0, 0.1) is 6.92 Å². The minimum atomic E-state index is -0.363. The molecule has 126 valence electrons. The van der Waals surface area contributed by atoms with Gasteiger partial charge in [0, 0.05) is 0 Å². The topological polar surface area (TPSA) is 130 Å². The molecule has 3 aromatic rings. The van der Waals surface area contributed by atoms with E-state index in [1.54, 1.807) is 6.92 Å². The summed E-state index contributed by atoms with van der Waals surface area (Å²) in [4.78, 5) is 22.0. The summed E-state index contributed by atoms with van der Waals surface area (Å²) in [7, 11) is 0. The molecular formula is C13H14N6O2S3. The molecule has 3 heterocycles. The fourth-order valence-corrected chi connectivity index (χ4v) is 4.67. The van der Waals surface area contributed by atoms with Crippen LogP contribution in [-0.4, -0.2) is 32.7 Å². The lowest BCUT2D eigenvalue weighted by Crippen LogP contribution is -2.03. The molecular weight excluding hydrogens is 368 g/mol. The van der Waals surface area contributed by atoms with Crippen molar-refractivity contribution in [2.24, 2.45) is 0 Å². The number of hydrogen-bond donors (Lipinski definition) is 2. The Kier molecular flexibility index (Phi) is 4.83. The van der Waals surface area contributed by atoms with E-state index in [1.807, 2.05) is 6.92 Å². The molecule has 0 amide bonds. The number of aromatic nitrogens is 4. The Balaban J connectivity index is 1.90. The van der Waals surface area contributed by atoms with Crippen LogP contribution in [0.4, 0.5) is 10.9 Å². The first-order chi connectivity index (χ1) is 11.5. The number of fused-ring (bicyclic) bond motifs is 1. The van der Waals surface area contributed by atoms with E-state index >= 15 is 0 Å². The monoisotopic (exact) mass is 382 g/mol. The largest absolute Gasteiger partial charge is 0.462 e. The van der Waals surface area contributed by atoms with Crippen LogP contribution in [-0.2, 0) is 10.5 Å². The summed E-state index contributed by atoms with van der Waals surface area (Å²) >= 11 is 4.00. The van der Waals surface area contributed by atoms with Gasteiger partial charge in [0.15, 0.2) is 4.34 Å². The zero-order chi connectivity index (χ0) is 17.3. The maximum atomic E-state index is 12.0. The number of nitrogen functional groups attached to an aromatic ring is 2. The molecule has 3 rings (SSSR count). The Labute approximate surface area is 149 Å². The Hall–Kier alpha value is -1.98. The van der Waals surface area contributed by atoms with E-state index in [0.29, 0.717) is 44.2 Å². The van der Waals surface area contributed by atoms with Gasteiger partial charge in [-0.05, 0) is 19.4 Å². The zero-order valence-corrected chi connectivity index (χ0v) is 15.3. The van der Waals surface area contributed by atoms with Gasteiger partial charge in [-0.1, -0.05) is 23.1 Å². The van der Waals surface area contributed by atoms with Crippen molar-refractivity contribution < 1.29 is 9.53 Å². The predicted molar refractivity (Wildman–Crippen MR) is 96.4 cm³/mol. The summed E-state index contributed by atoms with van der Waals surface area (Å²) in [6.45, 7) is 3.91. The van der Waals surface area contributed by atoms with Crippen molar-refractivity contribution in [2.75, 3.05) is 18.1 Å². The number of carbonyl (C=O) groups excluding carboxylic acids is 1. The molecule has 0 aliphatic rings. The molecule has 8 nitrogen and oxygen atoms in total. The maximum absolute atomic E-state index is 12.0. The van der Waals surface area contributed by atoms with E-state index in [-0.39, 0.29) is 5.97 Å². The number of thiophene rings is 1. The maximum Gasteiger partial charge on any atom is 0.348 e. The first kappa shape index (κ1) is 16.9. The Bertz CT molecular complexity index is 907. The van der Waals surface area contributed by atoms with Gasteiger partial charge in [-0.2, -0.15) is 0 Å². The number of aryl methyl sites for hydroxylation is 1. The van der Waals surface area contributed by atoms with Gasteiger partial charge in [-0.3, -0.25) is 0 Å². The number of nitrogens with two attached hydrogens (primary N) is 2. The molecule has 0 aromatic carbocycles. The van der Waals surface area contributed by atoms with E-state index in [4.69, 9.17) is 16.2 Å². The average Bonchev–Trinajstić information content (AvgIpc) is 3.09. The van der Waals surface area contributed by atoms with Crippen molar-refractivity contribution >= 4 is 61.6 Å². The number of anilines is 2. The van der Waals surface area contributed by atoms with Crippen molar-refractivity contribution in [3.63, 3.8) is 0 Å². The number of esters is 1. The summed E-state index contributed by atoms with van der Waals surface area (Å²) in [6, 6.07) is 0. The van der Waals surface area contributed by atoms with Crippen LogP contribution < -0.4 is 11.5 Å². The highest BCUT2D eigenvalue weighted by Crippen LogP contribution is 2.34. The van der Waals surface area contributed by atoms with Crippen LogP contribution in [0.3, 0.4) is 0 Å². The highest BCUT2D eigenvalue weighted by atomic mass is 32.2. The number of thioether (sulfide) groups is 1. The molecule has 0 unspecified atom stereocenters. The third-order valence-electron chi connectivity index (χ3n) is 3.07. The quantitative estimate of drug-likeness (QED) is 0.504. The zero-order valence-electron chi connectivity index (χ0n) is 12.9. The number of ether oxygens (including phenoxy) is 1. The van der Waals surface area contributed by atoms with Crippen molar-refractivity contribution in [3.8, 4) is 0 Å². The predicted octanol–water partition coefficient (Wildman–Crippen LogP) is 2.48. The Morgan fingerprint density at radius 3 is 2.71 bits per heavy atom. The van der Waals surface area contributed by atoms with Crippen molar-refractivity contribution in [3.05, 3.63) is 16.3 Å². The van der Waals surface area contributed by atoms with Crippen LogP contribution in [0.25, 0.3) is 10.2 Å². The molecule has 0 aliphatic heterocycles. The van der Waals surface area contributed by atoms with Crippen LogP contribution >= 0.6 is 34.4 Å². The van der Waals surface area contributed by atoms with Gasteiger partial charge in [0.05, 0.1) is 17.7 Å². The normalized spacial score (nSPS) is 11.1. The molecule has 0 aliphatic carbocycles. The summed E-state index contributed by atoms with van der Waals surface area (Å²) in [5.74, 6) is 1.05. The summed E-state index contributed by atoms with van der Waals surface area (Å²) in [6.07, 6.45) is 0. The highest BCUT2D eigenvalue weighted by Gasteiger charge is 2.20. The highest BCUT2D eigenvalue weighted by molar-refractivity contribution is 8.00. The molecule has 3 aromatic heterocycles. The van der Waals surface area contributed by atoms with Gasteiger partial charge in [0.25, 0.3) is 0 Å². The molecule has 0 saturated heterocycles. The van der Waals surface area contributed by atoms with Gasteiger partial charge in [-0.25, -0.2) is 14.8 Å². The third kappa shape index (κ3) is 3.28. The molecule has 0 saturated carbocycles. The van der Waals surface area contributed by atoms with Gasteiger partial charge in [-0.15, -0.1) is 21.5 Å². The third-order valence-corrected chi connectivity index (χ3v) is 6.12. The van der Waals surface area contributed by atoms with Gasteiger partial charge >= 0.3 is 5.97 Å². The van der Waals surface area contributed by atoms with Crippen LogP contribution in [0.2, 0.25) is 0 Å². The lowest BCUT2D eigenvalue weighted by atomic mass is 10.2. The fraction of sp³-hybridized carbons (Fsp3) is 0.308. The lowest BCUT2D eigenvalue weighted by Gasteiger charge is -2.02. The van der Waals surface area contributed by atoms with E-state index in [9.17, 15) is 4.79 Å². The van der Waals surface area contributed by atoms with Crippen LogP contribution in [0.15, 0.2) is 4.34 Å². The van der Waals surface area contributed by atoms with Crippen LogP contribution in [0.1, 0.15) is 28.0 Å². The van der Waals surface area contributed by atoms with Crippen LogP contribution in [0.5, 0.6) is 0 Å². The molecule has 0 atom stereocenters. The smallest absolute Gasteiger partial charge is 0.348 e. The molecule has 11 heteroatoms. The van der Waals surface area contributed by atoms with Crippen molar-refractivity contribution in [2.45, 2.75) is 23.9 Å². The number of hydrogen-bond acceptors (Lipinski definition) is 11. The second kappa shape index (κ2) is 6.87. The van der Waals surface area contributed by atoms with Gasteiger partial charge in [0.1, 0.15) is 21.3 Å². The van der Waals surface area contributed by atoms with E-state index in [2.05, 4.69) is 20.2 Å². The number of nitrogens with zero attached hydrogens (tertiary/aromatic N) is 4. The van der Waals surface area contributed by atoms with E-state index < -0.39 is 0 Å². The first-order valence-electron chi connectivity index (χ1n) is 6.94. The van der Waals surface area contributed by atoms with E-state index in [0.717, 1.165) is 9.90 Å². The Morgan fingerprint density at radius 2 is 2.04 bits per heavy atom. The van der Waals surface area contributed by atoms with E-state index in [1.165, 1.54) is 34.4 Å². The standard InChI is InChI=1S/C13H14N6O2S3/c1-3-21-11(20)8-5(2)7-9(14)16-6(17-10(7)23-8)4-22-13-19-18-12(15)24-13/h3-4H2,1-2H3,(H2,15,18)(H2,14,16,17). The average molecular weight is 382 g/mol. The summed E-state index contributed by atoms with van der Waals surface area (Å²) < 4.78 is 5.81. The molecule has 4 N–H and O–H groups in total. The first-order valence-corrected chi connectivity index (χ1v) is 9.55. The second-order valence-corrected chi connectivity index (χ2v) is 7.91. The fourth-order valence-electron chi connectivity index (χ4n) is 2.08. The minimum Gasteiger partial charge on any atom is -0.462 e. The van der Waals surface area contributed by atoms with Gasteiger partial charge in [0.2, 0.25) is 5.13 Å². The van der Waals surface area contributed by atoms with Crippen molar-refractivity contribution in [1.82, 2.24) is 20.2 Å². The summed E-state index contributed by atoms with van der Waals surface area (Å²) in [5.41, 5.74) is 12.4. The lowest BCUT2D eigenvalue weighted by molar-refractivity contribution is 0.0531. The molecule has 0 radical (unpaired) electrons. The molecule has 0 fully saturated rings. The minimum absolute atomic E-state index is 0.320. The molecule has 0 spiro atoms. The van der Waals surface area contributed by atoms with Crippen molar-refractivity contribution in [1.29, 1.82) is 0 Å². The summed E-state index contributed by atoms with van der Waals surface area (Å²) in [5, 5.41) is 8.82. The molecule has 0 bridgehead atoms. The number of rotatable bonds is 5. The SMILES string of the molecule is CCOC(=O)c1sc2nc(CSc3nnc(N)s3)nc(N)c2c1C. The second-order valence-electron chi connectivity index (χ2n) is 4.68. The van der Waals surface area contributed by atoms with Gasteiger partial charge < -0.3 is 16.2 Å². The molecule has 24 heavy (non-hydrogen) atoms. The Morgan fingerprint density at radius 1 is 1.25 bits per heavy atom.